The third-order valence-corrected chi connectivity index (χ3v) is 4.64. The molecule has 102 valence electrons. The number of carbonyl (C=O) groups is 1. The maximum Gasteiger partial charge on any atom is 0.185 e. The fraction of sp³-hybridized carbons (Fsp3) is 0.278. The lowest BCUT2D eigenvalue weighted by molar-refractivity contribution is -0.109. The molecule has 0 atom stereocenters. The Morgan fingerprint density at radius 2 is 2.00 bits per heavy atom. The number of carbonyl (C=O) groups excluding carboxylic acids is 1. The third-order valence-electron chi connectivity index (χ3n) is 3.80. The van der Waals surface area contributed by atoms with E-state index in [1.165, 1.54) is 52.1 Å². The smallest absolute Gasteiger partial charge is 0.185 e. The molecule has 0 heterocycles. The van der Waals surface area contributed by atoms with Gasteiger partial charge in [0, 0.05) is 12.7 Å². The zero-order valence-electron chi connectivity index (χ0n) is 11.7. The average molecular weight is 282 g/mol. The van der Waals surface area contributed by atoms with Crippen LogP contribution in [0.3, 0.4) is 0 Å². The summed E-state index contributed by atoms with van der Waals surface area (Å²) in [6.07, 6.45) is 7.66. The van der Waals surface area contributed by atoms with E-state index >= 15 is 0 Å². The summed E-state index contributed by atoms with van der Waals surface area (Å²) in [5, 5.41) is 3.03. The van der Waals surface area contributed by atoms with Crippen LogP contribution in [0.5, 0.6) is 0 Å². The van der Waals surface area contributed by atoms with Gasteiger partial charge in [0.25, 0.3) is 0 Å². The highest BCUT2D eigenvalue weighted by atomic mass is 32.2. The molecule has 0 saturated heterocycles. The number of hydrogen-bond donors (Lipinski definition) is 0. The van der Waals surface area contributed by atoms with Crippen molar-refractivity contribution in [3.05, 3.63) is 53.1 Å². The summed E-state index contributed by atoms with van der Waals surface area (Å²) in [7, 11) is 0. The average Bonchev–Trinajstić information content (AvgIpc) is 2.86. The van der Waals surface area contributed by atoms with Crippen molar-refractivity contribution < 1.29 is 4.79 Å². The highest BCUT2D eigenvalue weighted by molar-refractivity contribution is 8.13. The van der Waals surface area contributed by atoms with E-state index in [0.717, 1.165) is 12.2 Å². The van der Waals surface area contributed by atoms with Crippen LogP contribution in [0.2, 0.25) is 0 Å². The van der Waals surface area contributed by atoms with Crippen LogP contribution < -0.4 is 0 Å². The number of rotatable bonds is 4. The first-order valence-electron chi connectivity index (χ1n) is 7.09. The minimum Gasteiger partial charge on any atom is -0.288 e. The first-order chi connectivity index (χ1) is 9.75. The van der Waals surface area contributed by atoms with Crippen molar-refractivity contribution in [1.29, 1.82) is 0 Å². The molecule has 20 heavy (non-hydrogen) atoms. The van der Waals surface area contributed by atoms with E-state index in [0.29, 0.717) is 0 Å². The van der Waals surface area contributed by atoms with Crippen LogP contribution in [0.4, 0.5) is 0 Å². The summed E-state index contributed by atoms with van der Waals surface area (Å²) in [6.45, 7) is 1.62. The van der Waals surface area contributed by atoms with Gasteiger partial charge in [-0.1, -0.05) is 54.2 Å². The van der Waals surface area contributed by atoms with Gasteiger partial charge in [-0.3, -0.25) is 4.79 Å². The van der Waals surface area contributed by atoms with Crippen LogP contribution >= 0.6 is 11.8 Å². The summed E-state index contributed by atoms with van der Waals surface area (Å²) in [4.78, 5) is 10.9. The largest absolute Gasteiger partial charge is 0.288 e. The molecule has 1 nitrogen and oxygen atoms in total. The molecular formula is C18H18OS. The van der Waals surface area contributed by atoms with E-state index in [2.05, 4.69) is 42.5 Å². The Labute approximate surface area is 124 Å². The SMILES string of the molecule is CC(=O)SCCC=Cc1ccc2c3c(cccc13)CC2. The molecule has 2 aromatic carbocycles. The minimum absolute atomic E-state index is 0.198. The van der Waals surface area contributed by atoms with Crippen molar-refractivity contribution in [1.82, 2.24) is 0 Å². The molecule has 0 aliphatic heterocycles. The molecule has 0 fully saturated rings. The second kappa shape index (κ2) is 5.84. The molecule has 2 heteroatoms. The molecule has 3 rings (SSSR count). The summed E-state index contributed by atoms with van der Waals surface area (Å²) >= 11 is 1.39. The Balaban J connectivity index is 1.83. The van der Waals surface area contributed by atoms with E-state index in [4.69, 9.17) is 0 Å². The molecule has 1 aliphatic rings. The first kappa shape index (κ1) is 13.4. The Hall–Kier alpha value is -1.54. The summed E-state index contributed by atoms with van der Waals surface area (Å²) < 4.78 is 0. The van der Waals surface area contributed by atoms with Crippen LogP contribution in [-0.2, 0) is 17.6 Å². The van der Waals surface area contributed by atoms with Crippen molar-refractivity contribution in [2.24, 2.45) is 0 Å². The monoisotopic (exact) mass is 282 g/mol. The fourth-order valence-corrected chi connectivity index (χ4v) is 3.44. The predicted molar refractivity (Wildman–Crippen MR) is 88.1 cm³/mol. The van der Waals surface area contributed by atoms with Gasteiger partial charge in [0.2, 0.25) is 0 Å². The molecule has 1 aliphatic carbocycles. The van der Waals surface area contributed by atoms with E-state index in [9.17, 15) is 4.79 Å². The topological polar surface area (TPSA) is 17.1 Å². The molecule has 0 unspecified atom stereocenters. The lowest BCUT2D eigenvalue weighted by Crippen LogP contribution is -1.85. The van der Waals surface area contributed by atoms with Crippen LogP contribution in [0.15, 0.2) is 36.4 Å². The summed E-state index contributed by atoms with van der Waals surface area (Å²) in [5.41, 5.74) is 4.26. The Morgan fingerprint density at radius 3 is 2.80 bits per heavy atom. The van der Waals surface area contributed by atoms with Gasteiger partial charge in [0.05, 0.1) is 0 Å². The van der Waals surface area contributed by atoms with Gasteiger partial charge >= 0.3 is 0 Å². The summed E-state index contributed by atoms with van der Waals surface area (Å²) in [5.74, 6) is 0.868. The van der Waals surface area contributed by atoms with E-state index in [-0.39, 0.29) is 5.12 Å². The Kier molecular flexibility index (Phi) is 3.93. The number of benzene rings is 2. The lowest BCUT2D eigenvalue weighted by atomic mass is 9.99. The molecule has 0 saturated carbocycles. The molecule has 0 spiro atoms. The highest BCUT2D eigenvalue weighted by Crippen LogP contribution is 2.33. The van der Waals surface area contributed by atoms with Crippen molar-refractivity contribution >= 4 is 33.7 Å². The Morgan fingerprint density at radius 1 is 1.20 bits per heavy atom. The lowest BCUT2D eigenvalue weighted by Gasteiger charge is -2.05. The molecule has 0 bridgehead atoms. The number of hydrogen-bond acceptors (Lipinski definition) is 2. The molecule has 0 N–H and O–H groups in total. The van der Waals surface area contributed by atoms with Gasteiger partial charge in [-0.2, -0.15) is 0 Å². The molecule has 0 aromatic heterocycles. The van der Waals surface area contributed by atoms with Crippen LogP contribution in [0.25, 0.3) is 16.8 Å². The van der Waals surface area contributed by atoms with Gasteiger partial charge < -0.3 is 0 Å². The second-order valence-corrected chi connectivity index (χ2v) is 6.46. The maximum atomic E-state index is 10.9. The van der Waals surface area contributed by atoms with Gasteiger partial charge in [0.1, 0.15) is 0 Å². The number of thioether (sulfide) groups is 1. The predicted octanol–water partition coefficient (Wildman–Crippen LogP) is 4.62. The van der Waals surface area contributed by atoms with Gasteiger partial charge in [0.15, 0.2) is 5.12 Å². The highest BCUT2D eigenvalue weighted by Gasteiger charge is 2.14. The van der Waals surface area contributed by atoms with E-state index in [1.807, 2.05) is 0 Å². The van der Waals surface area contributed by atoms with Gasteiger partial charge in [-0.25, -0.2) is 0 Å². The van der Waals surface area contributed by atoms with Crippen molar-refractivity contribution in [2.75, 3.05) is 5.75 Å². The van der Waals surface area contributed by atoms with Crippen LogP contribution in [-0.4, -0.2) is 10.9 Å². The van der Waals surface area contributed by atoms with Crippen molar-refractivity contribution in [2.45, 2.75) is 26.2 Å². The van der Waals surface area contributed by atoms with Crippen LogP contribution in [0, 0.1) is 0 Å². The quantitative estimate of drug-likeness (QED) is 0.761. The summed E-state index contributed by atoms with van der Waals surface area (Å²) in [6, 6.07) is 11.1. The van der Waals surface area contributed by atoms with Gasteiger partial charge in [-0.05, 0) is 46.7 Å². The van der Waals surface area contributed by atoms with Crippen molar-refractivity contribution in [3.63, 3.8) is 0 Å². The molecular weight excluding hydrogens is 264 g/mol. The zero-order chi connectivity index (χ0) is 13.9. The van der Waals surface area contributed by atoms with Crippen LogP contribution in [0.1, 0.15) is 30.0 Å². The zero-order valence-corrected chi connectivity index (χ0v) is 12.5. The van der Waals surface area contributed by atoms with E-state index < -0.39 is 0 Å². The minimum atomic E-state index is 0.198. The second-order valence-electron chi connectivity index (χ2n) is 5.18. The molecule has 2 aromatic rings. The molecule has 0 amide bonds. The number of aryl methyl sites for hydroxylation is 2. The maximum absolute atomic E-state index is 10.9. The molecule has 0 radical (unpaired) electrons. The Bertz CT molecular complexity index is 675. The van der Waals surface area contributed by atoms with Crippen molar-refractivity contribution in [3.8, 4) is 0 Å². The standard InChI is InChI=1S/C18H18OS/c1-13(19)20-12-3-2-5-14-8-9-16-11-10-15-6-4-7-17(14)18(15)16/h2,4-9H,3,10-12H2,1H3. The van der Waals surface area contributed by atoms with E-state index in [1.54, 1.807) is 6.92 Å². The third kappa shape index (κ3) is 2.66. The van der Waals surface area contributed by atoms with Gasteiger partial charge in [-0.15, -0.1) is 0 Å². The first-order valence-corrected chi connectivity index (χ1v) is 8.07. The fourth-order valence-electron chi connectivity index (χ4n) is 2.90. The number of allylic oxidation sites excluding steroid dienone is 1. The normalized spacial score (nSPS) is 13.4.